The van der Waals surface area contributed by atoms with Gasteiger partial charge in [0.15, 0.2) is 12.4 Å². The van der Waals surface area contributed by atoms with Crippen LogP contribution < -0.4 is 4.74 Å². The van der Waals surface area contributed by atoms with Gasteiger partial charge in [-0.25, -0.2) is 4.79 Å². The largest absolute Gasteiger partial charge is 0.479 e. The molecule has 2 N–H and O–H groups in total. The van der Waals surface area contributed by atoms with Gasteiger partial charge in [0.25, 0.3) is 0 Å². The lowest BCUT2D eigenvalue weighted by molar-refractivity contribution is -0.147. The number of carboxylic acids is 1. The lowest BCUT2D eigenvalue weighted by atomic mass is 9.97. The molecule has 0 saturated carbocycles. The summed E-state index contributed by atoms with van der Waals surface area (Å²) in [6.07, 6.45) is -2.02. The molecular weight excluding hydrogens is 264 g/mol. The molecule has 1 atom stereocenters. The fourth-order valence-corrected chi connectivity index (χ4v) is 1.43. The summed E-state index contributed by atoms with van der Waals surface area (Å²) in [4.78, 5) is 21.4. The average molecular weight is 271 g/mol. The fourth-order valence-electron chi connectivity index (χ4n) is 1.43. The van der Waals surface area contributed by atoms with Crippen molar-refractivity contribution in [1.82, 2.24) is 0 Å². The predicted octanol–water partition coefficient (Wildman–Crippen LogP) is 1.09. The number of aliphatic hydroxyl groups is 1. The Morgan fingerprint density at radius 1 is 1.47 bits per heavy atom. The molecule has 19 heavy (non-hydrogen) atoms. The van der Waals surface area contributed by atoms with Crippen LogP contribution in [-0.2, 0) is 4.79 Å². The summed E-state index contributed by atoms with van der Waals surface area (Å²) in [7, 11) is 0. The van der Waals surface area contributed by atoms with Crippen LogP contribution in [0.1, 0.15) is 27.6 Å². The predicted molar refractivity (Wildman–Crippen MR) is 55.8 cm³/mol. The molecule has 1 unspecified atom stereocenters. The van der Waals surface area contributed by atoms with Gasteiger partial charge in [-0.2, -0.15) is 14.0 Å². The second-order valence-electron chi connectivity index (χ2n) is 3.29. The summed E-state index contributed by atoms with van der Waals surface area (Å²) in [5.41, 5.74) is -1.44. The lowest BCUT2D eigenvalue weighted by Crippen LogP contribution is -2.16. The summed E-state index contributed by atoms with van der Waals surface area (Å²) in [5, 5.41) is 27.0. The Hall–Kier alpha value is -2.53. The lowest BCUT2D eigenvalue weighted by Gasteiger charge is -2.15. The molecule has 6 nitrogen and oxygen atoms in total. The molecule has 8 heteroatoms. The van der Waals surface area contributed by atoms with E-state index in [0.29, 0.717) is 0 Å². The van der Waals surface area contributed by atoms with Crippen molar-refractivity contribution < 1.29 is 33.3 Å². The maximum atomic E-state index is 12.2. The minimum atomic E-state index is -3.27. The van der Waals surface area contributed by atoms with Gasteiger partial charge in [-0.05, 0) is 12.1 Å². The van der Waals surface area contributed by atoms with Crippen LogP contribution in [0.15, 0.2) is 12.1 Å². The number of hydrogen-bond donors (Lipinski definition) is 2. The Labute approximate surface area is 105 Å². The maximum Gasteiger partial charge on any atom is 0.387 e. The summed E-state index contributed by atoms with van der Waals surface area (Å²) < 4.78 is 28.4. The van der Waals surface area contributed by atoms with E-state index in [4.69, 9.17) is 10.4 Å². The third-order valence-electron chi connectivity index (χ3n) is 2.20. The number of ether oxygens (including phenoxy) is 1. The Balaban J connectivity index is 3.53. The number of nitrogens with zero attached hydrogens (tertiary/aromatic N) is 1. The van der Waals surface area contributed by atoms with Crippen LogP contribution in [0.5, 0.6) is 5.75 Å². The van der Waals surface area contributed by atoms with E-state index in [0.717, 1.165) is 12.1 Å². The van der Waals surface area contributed by atoms with E-state index in [-0.39, 0.29) is 11.8 Å². The minimum absolute atomic E-state index is 0.237. The van der Waals surface area contributed by atoms with Crippen LogP contribution in [0, 0.1) is 11.3 Å². The number of aliphatic carboxylic acids is 1. The smallest absolute Gasteiger partial charge is 0.387 e. The van der Waals surface area contributed by atoms with Crippen LogP contribution in [0.25, 0.3) is 0 Å². The number of halogens is 2. The molecule has 0 aliphatic rings. The van der Waals surface area contributed by atoms with E-state index in [1.54, 1.807) is 0 Å². The molecule has 1 rings (SSSR count). The van der Waals surface area contributed by atoms with E-state index >= 15 is 0 Å². The van der Waals surface area contributed by atoms with Crippen molar-refractivity contribution in [2.45, 2.75) is 12.7 Å². The number of carbonyl (C=O) groups is 2. The summed E-state index contributed by atoms with van der Waals surface area (Å²) in [6, 6.07) is 3.39. The van der Waals surface area contributed by atoms with Crippen molar-refractivity contribution in [3.63, 3.8) is 0 Å². The monoisotopic (exact) mass is 271 g/mol. The van der Waals surface area contributed by atoms with Crippen molar-refractivity contribution in [3.05, 3.63) is 28.8 Å². The quantitative estimate of drug-likeness (QED) is 0.776. The number of hydrogen-bond acceptors (Lipinski definition) is 5. The van der Waals surface area contributed by atoms with E-state index in [1.807, 2.05) is 0 Å². The Bertz CT molecular complexity index is 553. The standard InChI is InChI=1S/C11H7F2NO5/c12-11(13)19-7-2-1-5(4-15)6(3-14)8(7)9(16)10(17)18/h1-2,4,9,11,16H,(H,17,18). The van der Waals surface area contributed by atoms with Crippen LogP contribution >= 0.6 is 0 Å². The van der Waals surface area contributed by atoms with Gasteiger partial charge in [0.2, 0.25) is 0 Å². The minimum Gasteiger partial charge on any atom is -0.479 e. The first kappa shape index (κ1) is 14.5. The highest BCUT2D eigenvalue weighted by Crippen LogP contribution is 2.31. The highest BCUT2D eigenvalue weighted by atomic mass is 19.3. The van der Waals surface area contributed by atoms with Crippen molar-refractivity contribution >= 4 is 12.3 Å². The molecule has 0 radical (unpaired) electrons. The third kappa shape index (κ3) is 3.02. The van der Waals surface area contributed by atoms with Gasteiger partial charge in [-0.3, -0.25) is 4.79 Å². The number of aliphatic hydroxyl groups excluding tert-OH is 1. The first-order valence-corrected chi connectivity index (χ1v) is 4.80. The number of aldehydes is 1. The van der Waals surface area contributed by atoms with E-state index in [2.05, 4.69) is 4.74 Å². The molecule has 0 aliphatic carbocycles. The number of carbonyl (C=O) groups excluding carboxylic acids is 1. The molecule has 0 aromatic heterocycles. The van der Waals surface area contributed by atoms with Crippen LogP contribution in [0.2, 0.25) is 0 Å². The van der Waals surface area contributed by atoms with Gasteiger partial charge >= 0.3 is 12.6 Å². The molecular formula is C11H7F2NO5. The molecule has 0 bridgehead atoms. The second-order valence-corrected chi connectivity index (χ2v) is 3.29. The van der Waals surface area contributed by atoms with Crippen molar-refractivity contribution in [1.29, 1.82) is 5.26 Å². The van der Waals surface area contributed by atoms with Gasteiger partial charge in [0.05, 0.1) is 11.1 Å². The molecule has 0 heterocycles. The normalized spacial score (nSPS) is 11.7. The van der Waals surface area contributed by atoms with Crippen molar-refractivity contribution in [3.8, 4) is 11.8 Å². The highest BCUT2D eigenvalue weighted by Gasteiger charge is 2.27. The number of nitriles is 1. The Kier molecular flexibility index (Phi) is 4.50. The molecule has 0 saturated heterocycles. The first-order chi connectivity index (χ1) is 8.92. The molecule has 1 aromatic carbocycles. The van der Waals surface area contributed by atoms with Gasteiger partial charge in [0.1, 0.15) is 11.8 Å². The van der Waals surface area contributed by atoms with Crippen molar-refractivity contribution in [2.24, 2.45) is 0 Å². The SMILES string of the molecule is N#Cc1c(C=O)ccc(OC(F)F)c1C(O)C(=O)O. The van der Waals surface area contributed by atoms with Gasteiger partial charge in [0, 0.05) is 5.56 Å². The zero-order valence-electron chi connectivity index (χ0n) is 9.21. The summed E-state index contributed by atoms with van der Waals surface area (Å²) in [6.45, 7) is -3.27. The highest BCUT2D eigenvalue weighted by molar-refractivity contribution is 5.84. The number of benzene rings is 1. The zero-order valence-corrected chi connectivity index (χ0v) is 9.21. The van der Waals surface area contributed by atoms with Crippen molar-refractivity contribution in [2.75, 3.05) is 0 Å². The second kappa shape index (κ2) is 5.88. The molecule has 0 fully saturated rings. The maximum absolute atomic E-state index is 12.2. The number of alkyl halides is 2. The van der Waals surface area contributed by atoms with E-state index < -0.39 is 35.6 Å². The Morgan fingerprint density at radius 2 is 2.11 bits per heavy atom. The summed E-state index contributed by atoms with van der Waals surface area (Å²) >= 11 is 0. The Morgan fingerprint density at radius 3 is 2.53 bits per heavy atom. The van der Waals surface area contributed by atoms with Gasteiger partial charge in [-0.1, -0.05) is 0 Å². The first-order valence-electron chi connectivity index (χ1n) is 4.80. The number of rotatable bonds is 5. The molecule has 1 aromatic rings. The van der Waals surface area contributed by atoms with Gasteiger partial charge in [-0.15, -0.1) is 0 Å². The molecule has 0 spiro atoms. The third-order valence-corrected chi connectivity index (χ3v) is 2.20. The molecule has 0 aliphatic heterocycles. The van der Waals surface area contributed by atoms with Crippen LogP contribution in [-0.4, -0.2) is 29.1 Å². The number of carboxylic acid groups (broad SMARTS) is 1. The van der Waals surface area contributed by atoms with Crippen LogP contribution in [0.3, 0.4) is 0 Å². The van der Waals surface area contributed by atoms with Gasteiger partial charge < -0.3 is 14.9 Å². The topological polar surface area (TPSA) is 108 Å². The summed E-state index contributed by atoms with van der Waals surface area (Å²) in [5.74, 6) is -2.44. The fraction of sp³-hybridized carbons (Fsp3) is 0.182. The van der Waals surface area contributed by atoms with Crippen LogP contribution in [0.4, 0.5) is 8.78 Å². The average Bonchev–Trinajstić information content (AvgIpc) is 2.36. The molecule has 100 valence electrons. The zero-order chi connectivity index (χ0) is 14.6. The molecule has 0 amide bonds. The van der Waals surface area contributed by atoms with E-state index in [9.17, 15) is 23.5 Å². The van der Waals surface area contributed by atoms with E-state index in [1.165, 1.54) is 6.07 Å².